The van der Waals surface area contributed by atoms with E-state index in [0.29, 0.717) is 5.56 Å². The lowest BCUT2D eigenvalue weighted by atomic mass is 9.87. The van der Waals surface area contributed by atoms with Gasteiger partial charge in [-0.05, 0) is 48.2 Å². The van der Waals surface area contributed by atoms with E-state index in [-0.39, 0.29) is 43.4 Å². The maximum Gasteiger partial charge on any atom is 0.268 e. The first-order chi connectivity index (χ1) is 16.2. The number of aromatic nitrogens is 1. The highest BCUT2D eigenvalue weighted by molar-refractivity contribution is 7.92. The molecule has 10 heteroatoms. The third kappa shape index (κ3) is 4.26. The monoisotopic (exact) mass is 513 g/mol. The van der Waals surface area contributed by atoms with Crippen LogP contribution in [-0.4, -0.2) is 24.8 Å². The Balaban J connectivity index is 1.76. The molecule has 0 bridgehead atoms. The number of aryl methyl sites for hydroxylation is 2. The molecule has 4 rings (SSSR count). The summed E-state index contributed by atoms with van der Waals surface area (Å²) in [6.07, 6.45) is 1.37. The van der Waals surface area contributed by atoms with Gasteiger partial charge in [0.25, 0.3) is 27.4 Å². The first kappa shape index (κ1) is 24.7. The number of nitrogens with zero attached hydrogens (tertiary/aromatic N) is 2. The molecule has 0 atom stereocenters. The van der Waals surface area contributed by atoms with Crippen molar-refractivity contribution in [3.05, 3.63) is 86.3 Å². The Morgan fingerprint density at radius 2 is 1.51 bits per heavy atom. The van der Waals surface area contributed by atoms with E-state index < -0.39 is 21.8 Å². The second-order valence-corrected chi connectivity index (χ2v) is 11.6. The number of halogens is 1. The third-order valence-electron chi connectivity index (χ3n) is 5.87. The average molecular weight is 514 g/mol. The van der Waals surface area contributed by atoms with Gasteiger partial charge in [-0.2, -0.15) is 0 Å². The number of benzene rings is 2. The molecule has 2 aromatic carbocycles. The molecule has 35 heavy (non-hydrogen) atoms. The van der Waals surface area contributed by atoms with Gasteiger partial charge in [-0.25, -0.2) is 13.3 Å². The number of imide groups is 1. The largest absolute Gasteiger partial charge is 0.316 e. The zero-order chi connectivity index (χ0) is 25.9. The zero-order valence-corrected chi connectivity index (χ0v) is 21.4. The molecular weight excluding hydrogens is 490 g/mol. The fourth-order valence-corrected chi connectivity index (χ4v) is 5.27. The zero-order valence-electron chi connectivity index (χ0n) is 19.8. The van der Waals surface area contributed by atoms with Crippen LogP contribution in [0.15, 0.2) is 58.4 Å². The van der Waals surface area contributed by atoms with Crippen LogP contribution in [0, 0.1) is 6.92 Å². The molecule has 0 unspecified atom stereocenters. The molecular formula is C25H24ClN3O5S. The van der Waals surface area contributed by atoms with Crippen molar-refractivity contribution in [3.8, 4) is 0 Å². The van der Waals surface area contributed by atoms with Gasteiger partial charge in [0.05, 0.1) is 32.4 Å². The number of sulfonamides is 1. The van der Waals surface area contributed by atoms with Crippen LogP contribution < -0.4 is 15.2 Å². The molecule has 182 valence electrons. The van der Waals surface area contributed by atoms with E-state index in [9.17, 15) is 22.8 Å². The second kappa shape index (κ2) is 8.35. The number of carbonyl (C=O) groups excluding carboxylic acids is 2. The molecule has 8 nitrogen and oxygen atoms in total. The highest BCUT2D eigenvalue weighted by Crippen LogP contribution is 2.38. The molecule has 3 aromatic rings. The van der Waals surface area contributed by atoms with Crippen LogP contribution in [0.1, 0.15) is 52.6 Å². The summed E-state index contributed by atoms with van der Waals surface area (Å²) in [7, 11) is -2.56. The van der Waals surface area contributed by atoms with E-state index in [1.165, 1.54) is 48.1 Å². The highest BCUT2D eigenvalue weighted by atomic mass is 35.5. The Bertz CT molecular complexity index is 1530. The maximum atomic E-state index is 13.4. The van der Waals surface area contributed by atoms with Crippen LogP contribution in [-0.2, 0) is 22.5 Å². The number of hydrogen-bond acceptors (Lipinski definition) is 5. The SMILES string of the molecule is Cc1cc(N2C(=O)c3c(Cl)ccc(NS(=O)(=O)c4ccc(C(C)(C)C)cc4)c3C2=O)cn(C)c1=O. The molecule has 0 saturated heterocycles. The first-order valence-corrected chi connectivity index (χ1v) is 12.6. The minimum Gasteiger partial charge on any atom is -0.316 e. The minimum atomic E-state index is -4.07. The van der Waals surface area contributed by atoms with Gasteiger partial charge in [0.1, 0.15) is 0 Å². The van der Waals surface area contributed by atoms with Crippen molar-refractivity contribution in [1.29, 1.82) is 0 Å². The number of pyridine rings is 1. The summed E-state index contributed by atoms with van der Waals surface area (Å²) in [5, 5.41) is 0.0138. The molecule has 1 aromatic heterocycles. The smallest absolute Gasteiger partial charge is 0.268 e. The van der Waals surface area contributed by atoms with E-state index in [1.807, 2.05) is 20.8 Å². The van der Waals surface area contributed by atoms with Crippen LogP contribution in [0.3, 0.4) is 0 Å². The van der Waals surface area contributed by atoms with Crippen molar-refractivity contribution in [2.24, 2.45) is 7.05 Å². The summed E-state index contributed by atoms with van der Waals surface area (Å²) >= 11 is 6.26. The van der Waals surface area contributed by atoms with Gasteiger partial charge in [-0.3, -0.25) is 19.1 Å². The maximum absolute atomic E-state index is 13.4. The van der Waals surface area contributed by atoms with Crippen molar-refractivity contribution >= 4 is 44.8 Å². The van der Waals surface area contributed by atoms with Gasteiger partial charge in [-0.1, -0.05) is 44.5 Å². The summed E-state index contributed by atoms with van der Waals surface area (Å²) in [6, 6.07) is 10.6. The molecule has 1 aliphatic rings. The number of carbonyl (C=O) groups is 2. The second-order valence-electron chi connectivity index (χ2n) is 9.47. The fraction of sp³-hybridized carbons (Fsp3) is 0.240. The Kier molecular flexibility index (Phi) is 5.89. The summed E-state index contributed by atoms with van der Waals surface area (Å²) in [4.78, 5) is 39.6. The predicted octanol–water partition coefficient (Wildman–Crippen LogP) is 4.25. The number of fused-ring (bicyclic) bond motifs is 1. The van der Waals surface area contributed by atoms with Gasteiger partial charge >= 0.3 is 0 Å². The van der Waals surface area contributed by atoms with E-state index in [2.05, 4.69) is 4.72 Å². The van der Waals surface area contributed by atoms with Gasteiger partial charge in [-0.15, -0.1) is 0 Å². The predicted molar refractivity (Wildman–Crippen MR) is 135 cm³/mol. The first-order valence-electron chi connectivity index (χ1n) is 10.7. The van der Waals surface area contributed by atoms with Gasteiger partial charge in [0, 0.05) is 18.8 Å². The Labute approximate surface area is 208 Å². The summed E-state index contributed by atoms with van der Waals surface area (Å²) < 4.78 is 29.9. The molecule has 0 spiro atoms. The number of nitrogens with one attached hydrogen (secondary N) is 1. The van der Waals surface area contributed by atoms with E-state index in [4.69, 9.17) is 11.6 Å². The quantitative estimate of drug-likeness (QED) is 0.525. The molecule has 1 N–H and O–H groups in total. The van der Waals surface area contributed by atoms with Gasteiger partial charge < -0.3 is 4.57 Å². The van der Waals surface area contributed by atoms with Crippen LogP contribution in [0.25, 0.3) is 0 Å². The summed E-state index contributed by atoms with van der Waals surface area (Å²) in [5.41, 5.74) is 0.747. The standard InChI is InChI=1S/C25H24ClN3O5S/c1-14-12-16(13-28(5)22(14)30)29-23(31)20-18(26)10-11-19(21(20)24(29)32)27-35(33,34)17-8-6-15(7-9-17)25(2,3)4/h6-13,27H,1-5H3. The van der Waals surface area contributed by atoms with Crippen LogP contribution in [0.2, 0.25) is 5.02 Å². The number of rotatable bonds is 4. The van der Waals surface area contributed by atoms with Crippen LogP contribution in [0.5, 0.6) is 0 Å². The molecule has 0 radical (unpaired) electrons. The van der Waals surface area contributed by atoms with Crippen LogP contribution >= 0.6 is 11.6 Å². The van der Waals surface area contributed by atoms with E-state index in [0.717, 1.165) is 10.5 Å². The van der Waals surface area contributed by atoms with E-state index in [1.54, 1.807) is 19.1 Å². The Morgan fingerprint density at radius 3 is 2.09 bits per heavy atom. The lowest BCUT2D eigenvalue weighted by molar-refractivity contribution is 0.0926. The molecule has 0 saturated carbocycles. The molecule has 0 aliphatic carbocycles. The Morgan fingerprint density at radius 1 is 0.914 bits per heavy atom. The molecule has 1 aliphatic heterocycles. The fourth-order valence-electron chi connectivity index (χ4n) is 3.96. The van der Waals surface area contributed by atoms with Crippen molar-refractivity contribution in [2.45, 2.75) is 38.0 Å². The highest BCUT2D eigenvalue weighted by Gasteiger charge is 2.41. The van der Waals surface area contributed by atoms with E-state index >= 15 is 0 Å². The molecule has 2 heterocycles. The van der Waals surface area contributed by atoms with Crippen molar-refractivity contribution in [3.63, 3.8) is 0 Å². The minimum absolute atomic E-state index is 0.0107. The van der Waals surface area contributed by atoms with Crippen molar-refractivity contribution in [2.75, 3.05) is 9.62 Å². The van der Waals surface area contributed by atoms with Gasteiger partial charge in [0.15, 0.2) is 0 Å². The Hall–Kier alpha value is -3.43. The third-order valence-corrected chi connectivity index (χ3v) is 7.57. The summed E-state index contributed by atoms with van der Waals surface area (Å²) in [5.74, 6) is -1.45. The van der Waals surface area contributed by atoms with Gasteiger partial charge in [0.2, 0.25) is 0 Å². The average Bonchev–Trinajstić information content (AvgIpc) is 3.04. The number of amides is 2. The summed E-state index contributed by atoms with van der Waals surface area (Å²) in [6.45, 7) is 7.63. The topological polar surface area (TPSA) is 106 Å². The number of hydrogen-bond donors (Lipinski definition) is 1. The van der Waals surface area contributed by atoms with Crippen molar-refractivity contribution < 1.29 is 18.0 Å². The van der Waals surface area contributed by atoms with Crippen molar-refractivity contribution in [1.82, 2.24) is 4.57 Å². The normalized spacial score (nSPS) is 13.8. The lowest BCUT2D eigenvalue weighted by Crippen LogP contribution is -2.31. The molecule has 2 amide bonds. The number of anilines is 2. The van der Waals surface area contributed by atoms with Crippen LogP contribution in [0.4, 0.5) is 11.4 Å². The molecule has 0 fully saturated rings. The lowest BCUT2D eigenvalue weighted by Gasteiger charge is -2.19.